The number of ether oxygens (including phenoxy) is 1. The van der Waals surface area contributed by atoms with Gasteiger partial charge in [0.1, 0.15) is 5.75 Å². The van der Waals surface area contributed by atoms with Crippen LogP contribution in [0.5, 0.6) is 5.75 Å². The third-order valence-electron chi connectivity index (χ3n) is 3.57. The molecule has 132 valence electrons. The number of nitrogens with two attached hydrogens (primary N) is 1. The Morgan fingerprint density at radius 3 is 3.04 bits per heavy atom. The van der Waals surface area contributed by atoms with Crippen LogP contribution in [-0.2, 0) is 5.75 Å². The average molecular weight is 361 g/mol. The minimum atomic E-state index is -0.123. The van der Waals surface area contributed by atoms with E-state index < -0.39 is 0 Å². The van der Waals surface area contributed by atoms with Crippen molar-refractivity contribution in [1.82, 2.24) is 15.0 Å². The van der Waals surface area contributed by atoms with Crippen molar-refractivity contribution in [2.45, 2.75) is 23.9 Å². The number of nitrogen functional groups attached to an aromatic ring is 1. The third kappa shape index (κ3) is 4.12. The minimum absolute atomic E-state index is 0.00750. The fraction of sp³-hybridized carbons (Fsp3) is 0.312. The summed E-state index contributed by atoms with van der Waals surface area (Å²) < 4.78 is 5.25. The highest BCUT2D eigenvalue weighted by Gasteiger charge is 2.19. The molecule has 25 heavy (non-hydrogen) atoms. The molecule has 0 fully saturated rings. The molecule has 0 spiro atoms. The molecular formula is C16H21N6O2S+. The predicted molar refractivity (Wildman–Crippen MR) is 97.6 cm³/mol. The van der Waals surface area contributed by atoms with Crippen molar-refractivity contribution in [3.63, 3.8) is 0 Å². The quantitative estimate of drug-likeness (QED) is 0.371. The Morgan fingerprint density at radius 1 is 1.44 bits per heavy atom. The lowest BCUT2D eigenvalue weighted by atomic mass is 10.2. The number of hydrogen-bond acceptors (Lipinski definition) is 7. The van der Waals surface area contributed by atoms with Gasteiger partial charge in [0.2, 0.25) is 11.8 Å². The lowest BCUT2D eigenvalue weighted by molar-refractivity contribution is -0.416. The maximum absolute atomic E-state index is 9.28. The molecule has 0 radical (unpaired) electrons. The topological polar surface area (TPSA) is 123 Å². The number of anilines is 2. The molecule has 0 aliphatic rings. The van der Waals surface area contributed by atoms with Crippen LogP contribution in [0.4, 0.5) is 11.8 Å². The summed E-state index contributed by atoms with van der Waals surface area (Å²) in [5, 5.41) is 13.2. The first kappa shape index (κ1) is 17.3. The summed E-state index contributed by atoms with van der Waals surface area (Å²) >= 11 is 1.55. The van der Waals surface area contributed by atoms with Crippen molar-refractivity contribution < 1.29 is 14.8 Å². The Bertz CT molecular complexity index is 869. The standard InChI is InChI=1S/C16H20N6O2S/c1-9(7-23)18-13-12-14(20-15(17)19-12)22-16(21-13)25-8-10-4-3-5-11(6-10)24-2/h3-6,9,23H,7-8H2,1-2H3,(H4,17,18,19,20,21,22)/p+1/t9-/m1/s1. The lowest BCUT2D eigenvalue weighted by Crippen LogP contribution is -2.26. The second-order valence-corrected chi connectivity index (χ2v) is 6.57. The number of rotatable bonds is 7. The van der Waals surface area contributed by atoms with E-state index in [1.807, 2.05) is 31.2 Å². The number of imidazole rings is 1. The second kappa shape index (κ2) is 7.58. The summed E-state index contributed by atoms with van der Waals surface area (Å²) in [4.78, 5) is 14.9. The lowest BCUT2D eigenvalue weighted by Gasteiger charge is -2.08. The predicted octanol–water partition coefficient (Wildman–Crippen LogP) is 1.45. The normalized spacial score (nSPS) is 12.3. The summed E-state index contributed by atoms with van der Waals surface area (Å²) in [6.45, 7) is 1.89. The fourth-order valence-electron chi connectivity index (χ4n) is 2.31. The monoisotopic (exact) mass is 361 g/mol. The zero-order chi connectivity index (χ0) is 17.8. The van der Waals surface area contributed by atoms with E-state index >= 15 is 0 Å². The number of hydrogen-bond donors (Lipinski definition) is 4. The molecule has 1 atom stereocenters. The zero-order valence-electron chi connectivity index (χ0n) is 14.0. The highest BCUT2D eigenvalue weighted by atomic mass is 32.2. The van der Waals surface area contributed by atoms with E-state index in [1.165, 1.54) is 0 Å². The number of methoxy groups -OCH3 is 1. The number of nitrogens with one attached hydrogen (secondary N) is 3. The summed E-state index contributed by atoms with van der Waals surface area (Å²) in [5.41, 5.74) is 8.08. The Labute approximate surface area is 149 Å². The largest absolute Gasteiger partial charge is 0.497 e. The molecule has 0 saturated carbocycles. The van der Waals surface area contributed by atoms with Gasteiger partial charge >= 0.3 is 0 Å². The average Bonchev–Trinajstić information content (AvgIpc) is 3.00. The smallest absolute Gasteiger partial charge is 0.299 e. The van der Waals surface area contributed by atoms with Gasteiger partial charge in [0, 0.05) is 5.75 Å². The molecule has 1 aromatic carbocycles. The van der Waals surface area contributed by atoms with Crippen molar-refractivity contribution in [2.75, 3.05) is 24.8 Å². The Hall–Kier alpha value is -2.52. The van der Waals surface area contributed by atoms with Crippen molar-refractivity contribution in [3.8, 4) is 5.75 Å². The van der Waals surface area contributed by atoms with Gasteiger partial charge < -0.3 is 20.6 Å². The van der Waals surface area contributed by atoms with Crippen LogP contribution in [0, 0.1) is 0 Å². The van der Waals surface area contributed by atoms with Gasteiger partial charge in [-0.15, -0.1) is 0 Å². The van der Waals surface area contributed by atoms with E-state index in [0.29, 0.717) is 28.1 Å². The van der Waals surface area contributed by atoms with Gasteiger partial charge in [0.25, 0.3) is 10.8 Å². The summed E-state index contributed by atoms with van der Waals surface area (Å²) in [6, 6.07) is 7.77. The number of fused-ring (bicyclic) bond motifs is 1. The molecule has 0 unspecified atom stereocenters. The van der Waals surface area contributed by atoms with Crippen LogP contribution in [0.1, 0.15) is 12.5 Å². The Morgan fingerprint density at radius 2 is 2.28 bits per heavy atom. The first-order valence-electron chi connectivity index (χ1n) is 7.80. The van der Waals surface area contributed by atoms with Crippen molar-refractivity contribution in [2.24, 2.45) is 0 Å². The van der Waals surface area contributed by atoms with Gasteiger partial charge in [0.05, 0.1) is 19.8 Å². The Balaban J connectivity index is 1.85. The molecule has 6 N–H and O–H groups in total. The number of benzene rings is 1. The van der Waals surface area contributed by atoms with Gasteiger partial charge in [-0.2, -0.15) is 4.98 Å². The molecule has 0 aliphatic carbocycles. The highest BCUT2D eigenvalue weighted by molar-refractivity contribution is 7.98. The van der Waals surface area contributed by atoms with Crippen LogP contribution in [0.3, 0.4) is 0 Å². The molecule has 0 saturated heterocycles. The number of aromatic amines is 2. The zero-order valence-corrected chi connectivity index (χ0v) is 14.9. The number of thioether (sulfide) groups is 1. The summed E-state index contributed by atoms with van der Waals surface area (Å²) in [6.07, 6.45) is 0. The highest BCUT2D eigenvalue weighted by Crippen LogP contribution is 2.24. The van der Waals surface area contributed by atoms with Crippen LogP contribution in [0.2, 0.25) is 0 Å². The second-order valence-electron chi connectivity index (χ2n) is 5.61. The van der Waals surface area contributed by atoms with E-state index in [4.69, 9.17) is 10.5 Å². The number of aromatic nitrogens is 4. The molecule has 3 rings (SSSR count). The third-order valence-corrected chi connectivity index (χ3v) is 4.51. The van der Waals surface area contributed by atoms with E-state index in [1.54, 1.807) is 18.9 Å². The van der Waals surface area contributed by atoms with Gasteiger partial charge in [-0.1, -0.05) is 17.1 Å². The van der Waals surface area contributed by atoms with Gasteiger partial charge in [-0.25, -0.2) is 4.98 Å². The molecule has 2 heterocycles. The first-order chi connectivity index (χ1) is 12.1. The van der Waals surface area contributed by atoms with Crippen molar-refractivity contribution in [1.29, 1.82) is 0 Å². The molecule has 0 amide bonds. The number of H-pyrrole nitrogens is 2. The van der Waals surface area contributed by atoms with Gasteiger partial charge in [-0.3, -0.25) is 5.32 Å². The van der Waals surface area contributed by atoms with Crippen LogP contribution in [0.25, 0.3) is 11.2 Å². The SMILES string of the molecule is COc1cccc(CSc2nc3nc(N)[nH]c3c(N[C@H](C)CO)[nH+]2)c1. The molecular weight excluding hydrogens is 340 g/mol. The van der Waals surface area contributed by atoms with E-state index in [-0.39, 0.29) is 12.6 Å². The maximum Gasteiger partial charge on any atom is 0.299 e. The van der Waals surface area contributed by atoms with Crippen LogP contribution in [0.15, 0.2) is 29.4 Å². The summed E-state index contributed by atoms with van der Waals surface area (Å²) in [5.74, 6) is 2.54. The summed E-state index contributed by atoms with van der Waals surface area (Å²) in [7, 11) is 1.65. The van der Waals surface area contributed by atoms with E-state index in [9.17, 15) is 5.11 Å². The van der Waals surface area contributed by atoms with E-state index in [0.717, 1.165) is 17.1 Å². The Kier molecular flexibility index (Phi) is 5.25. The molecule has 0 aliphatic heterocycles. The molecule has 3 aromatic rings. The van der Waals surface area contributed by atoms with Crippen molar-refractivity contribution in [3.05, 3.63) is 29.8 Å². The first-order valence-corrected chi connectivity index (χ1v) is 8.79. The van der Waals surface area contributed by atoms with E-state index in [2.05, 4.69) is 25.3 Å². The van der Waals surface area contributed by atoms with Crippen molar-refractivity contribution >= 4 is 34.7 Å². The molecule has 8 nitrogen and oxygen atoms in total. The van der Waals surface area contributed by atoms with Gasteiger partial charge in [-0.05, 0) is 36.4 Å². The van der Waals surface area contributed by atoms with Crippen LogP contribution in [-0.4, -0.2) is 39.8 Å². The minimum Gasteiger partial charge on any atom is -0.497 e. The molecule has 2 aromatic heterocycles. The molecule has 0 bridgehead atoms. The molecule has 9 heteroatoms. The maximum atomic E-state index is 9.28. The van der Waals surface area contributed by atoms with Crippen LogP contribution < -0.4 is 20.8 Å². The number of aliphatic hydroxyl groups excluding tert-OH is 1. The van der Waals surface area contributed by atoms with Crippen LogP contribution >= 0.6 is 11.8 Å². The number of nitrogens with zero attached hydrogens (tertiary/aromatic N) is 2. The fourth-order valence-corrected chi connectivity index (χ4v) is 3.12. The number of aliphatic hydroxyl groups is 1. The van der Waals surface area contributed by atoms with Gasteiger partial charge in [0.15, 0.2) is 5.52 Å².